The first kappa shape index (κ1) is 18.4. The summed E-state index contributed by atoms with van der Waals surface area (Å²) in [7, 11) is 0. The maximum absolute atomic E-state index is 6.25. The van der Waals surface area contributed by atoms with E-state index < -0.39 is 0 Å². The predicted octanol–water partition coefficient (Wildman–Crippen LogP) is 7.37. The Morgan fingerprint density at radius 3 is 2.40 bits per heavy atom. The molecule has 5 rings (SSSR count). The van der Waals surface area contributed by atoms with Gasteiger partial charge in [-0.15, -0.1) is 0 Å². The summed E-state index contributed by atoms with van der Waals surface area (Å²) >= 11 is 0. The molecule has 0 amide bonds. The zero-order chi connectivity index (χ0) is 20.9. The van der Waals surface area contributed by atoms with Crippen molar-refractivity contribution in [1.82, 2.24) is 9.61 Å². The maximum atomic E-state index is 6.25. The first-order valence-electron chi connectivity index (χ1n) is 10.2. The monoisotopic (exact) mass is 392 g/mol. The van der Waals surface area contributed by atoms with Crippen molar-refractivity contribution in [2.75, 3.05) is 0 Å². The molecule has 0 spiro atoms. The average molecular weight is 393 g/mol. The Labute approximate surface area is 176 Å². The zero-order valence-electron chi connectivity index (χ0n) is 17.5. The van der Waals surface area contributed by atoms with Crippen molar-refractivity contribution in [3.05, 3.63) is 90.5 Å². The van der Waals surface area contributed by atoms with E-state index >= 15 is 0 Å². The highest BCUT2D eigenvalue weighted by atomic mass is 16.5. The molecule has 0 saturated heterocycles. The van der Waals surface area contributed by atoms with Crippen molar-refractivity contribution in [3.8, 4) is 11.5 Å². The highest BCUT2D eigenvalue weighted by Gasteiger charge is 2.16. The average Bonchev–Trinajstić information content (AvgIpc) is 3.13. The summed E-state index contributed by atoms with van der Waals surface area (Å²) in [4.78, 5) is 0. The van der Waals surface area contributed by atoms with Gasteiger partial charge in [-0.25, -0.2) is 4.52 Å². The number of ether oxygens (including phenoxy) is 1. The third kappa shape index (κ3) is 3.03. The molecular weight excluding hydrogens is 368 g/mol. The quantitative estimate of drug-likeness (QED) is 0.320. The zero-order valence-corrected chi connectivity index (χ0v) is 17.5. The van der Waals surface area contributed by atoms with Gasteiger partial charge < -0.3 is 4.74 Å². The maximum Gasteiger partial charge on any atom is 0.139 e. The minimum absolute atomic E-state index is 0.111. The van der Waals surface area contributed by atoms with E-state index in [1.165, 1.54) is 10.9 Å². The lowest BCUT2D eigenvalue weighted by Crippen LogP contribution is -2.10. The summed E-state index contributed by atoms with van der Waals surface area (Å²) < 4.78 is 8.27. The standard InChI is InChI=1S/C27H24N2O/c1-5-18-9-13-21(14-10-18)30-25-8-6-7-22-26(25)24-15-11-19-17-20(27(2,3)4)12-16-23(19)29(24)28-22/h5-17H,1H2,2-4H3. The second-order valence-corrected chi connectivity index (χ2v) is 8.68. The molecule has 3 nitrogen and oxygen atoms in total. The van der Waals surface area contributed by atoms with Crippen LogP contribution in [0.3, 0.4) is 0 Å². The largest absolute Gasteiger partial charge is 0.457 e. The van der Waals surface area contributed by atoms with Gasteiger partial charge in [-0.05, 0) is 59.0 Å². The first-order chi connectivity index (χ1) is 14.4. The molecule has 5 aromatic rings. The van der Waals surface area contributed by atoms with Gasteiger partial charge in [0.2, 0.25) is 0 Å². The molecule has 2 heterocycles. The Morgan fingerprint density at radius 2 is 1.67 bits per heavy atom. The Hall–Kier alpha value is -3.59. The Kier molecular flexibility index (Phi) is 4.14. The minimum Gasteiger partial charge on any atom is -0.457 e. The molecule has 0 aliphatic rings. The second-order valence-electron chi connectivity index (χ2n) is 8.68. The van der Waals surface area contributed by atoms with Crippen LogP contribution in [0.25, 0.3) is 33.4 Å². The first-order valence-corrected chi connectivity index (χ1v) is 10.2. The molecule has 0 atom stereocenters. The van der Waals surface area contributed by atoms with Crippen molar-refractivity contribution >= 4 is 33.4 Å². The van der Waals surface area contributed by atoms with Gasteiger partial charge in [0.05, 0.1) is 21.9 Å². The highest BCUT2D eigenvalue weighted by molar-refractivity contribution is 6.02. The highest BCUT2D eigenvalue weighted by Crippen LogP contribution is 2.35. The van der Waals surface area contributed by atoms with Crippen molar-refractivity contribution in [2.24, 2.45) is 0 Å². The number of hydrogen-bond acceptors (Lipinski definition) is 2. The van der Waals surface area contributed by atoms with Crippen molar-refractivity contribution in [1.29, 1.82) is 0 Å². The molecule has 0 fully saturated rings. The third-order valence-corrected chi connectivity index (χ3v) is 5.58. The topological polar surface area (TPSA) is 26.5 Å². The van der Waals surface area contributed by atoms with Crippen LogP contribution < -0.4 is 4.74 Å². The van der Waals surface area contributed by atoms with Crippen LogP contribution >= 0.6 is 0 Å². The molecule has 0 aliphatic heterocycles. The molecule has 0 bridgehead atoms. The van der Waals surface area contributed by atoms with Gasteiger partial charge in [-0.3, -0.25) is 0 Å². The molecular formula is C27H24N2O. The van der Waals surface area contributed by atoms with Gasteiger partial charge in [0, 0.05) is 5.39 Å². The van der Waals surface area contributed by atoms with Crippen LogP contribution in [0, 0.1) is 0 Å². The molecule has 0 unspecified atom stereocenters. The number of benzene rings is 3. The van der Waals surface area contributed by atoms with Crippen LogP contribution in [-0.4, -0.2) is 9.61 Å². The fourth-order valence-corrected chi connectivity index (χ4v) is 3.87. The van der Waals surface area contributed by atoms with Gasteiger partial charge >= 0.3 is 0 Å². The van der Waals surface area contributed by atoms with Gasteiger partial charge in [0.15, 0.2) is 0 Å². The number of hydrogen-bond donors (Lipinski definition) is 0. The van der Waals surface area contributed by atoms with Crippen LogP contribution in [0.4, 0.5) is 0 Å². The molecule has 148 valence electrons. The van der Waals surface area contributed by atoms with Crippen LogP contribution in [-0.2, 0) is 5.41 Å². The molecule has 3 aromatic carbocycles. The van der Waals surface area contributed by atoms with E-state index in [0.717, 1.165) is 39.0 Å². The fourth-order valence-electron chi connectivity index (χ4n) is 3.87. The van der Waals surface area contributed by atoms with Crippen molar-refractivity contribution in [2.45, 2.75) is 26.2 Å². The number of nitrogens with zero attached hydrogens (tertiary/aromatic N) is 2. The second kappa shape index (κ2) is 6.74. The third-order valence-electron chi connectivity index (χ3n) is 5.58. The molecule has 0 radical (unpaired) electrons. The van der Waals surface area contributed by atoms with E-state index in [0.29, 0.717) is 0 Å². The van der Waals surface area contributed by atoms with E-state index in [9.17, 15) is 0 Å². The van der Waals surface area contributed by atoms with E-state index in [1.54, 1.807) is 0 Å². The summed E-state index contributed by atoms with van der Waals surface area (Å²) in [6.45, 7) is 10.5. The summed E-state index contributed by atoms with van der Waals surface area (Å²) in [6, 6.07) is 24.9. The number of pyridine rings is 1. The predicted molar refractivity (Wildman–Crippen MR) is 126 cm³/mol. The molecule has 2 aromatic heterocycles. The molecule has 3 heteroatoms. The van der Waals surface area contributed by atoms with E-state index in [1.807, 2.05) is 53.1 Å². The summed E-state index contributed by atoms with van der Waals surface area (Å²) in [6.07, 6.45) is 1.83. The normalized spacial score (nSPS) is 12.0. The summed E-state index contributed by atoms with van der Waals surface area (Å²) in [5.74, 6) is 1.60. The van der Waals surface area contributed by atoms with Crippen molar-refractivity contribution < 1.29 is 4.74 Å². The van der Waals surface area contributed by atoms with Crippen LogP contribution in [0.15, 0.2) is 79.4 Å². The van der Waals surface area contributed by atoms with E-state index in [-0.39, 0.29) is 5.41 Å². The van der Waals surface area contributed by atoms with Gasteiger partial charge in [-0.1, -0.05) is 63.8 Å². The van der Waals surface area contributed by atoms with E-state index in [2.05, 4.69) is 57.7 Å². The van der Waals surface area contributed by atoms with Gasteiger partial charge in [-0.2, -0.15) is 5.10 Å². The van der Waals surface area contributed by atoms with E-state index in [4.69, 9.17) is 9.84 Å². The van der Waals surface area contributed by atoms with Crippen molar-refractivity contribution in [3.63, 3.8) is 0 Å². The molecule has 30 heavy (non-hydrogen) atoms. The number of rotatable bonds is 3. The lowest BCUT2D eigenvalue weighted by molar-refractivity contribution is 0.488. The summed E-state index contributed by atoms with van der Waals surface area (Å²) in [5.41, 5.74) is 5.55. The van der Waals surface area contributed by atoms with Crippen LogP contribution in [0.1, 0.15) is 31.9 Å². The molecule has 0 N–H and O–H groups in total. The van der Waals surface area contributed by atoms with Crippen LogP contribution in [0.2, 0.25) is 0 Å². The van der Waals surface area contributed by atoms with Gasteiger partial charge in [0.1, 0.15) is 11.5 Å². The SMILES string of the molecule is C=Cc1ccc(Oc2cccc3nn4c5ccc(C(C)(C)C)cc5ccc4c23)cc1. The fraction of sp³-hybridized carbons (Fsp3) is 0.148. The summed E-state index contributed by atoms with van der Waals surface area (Å²) in [5, 5.41) is 7.09. The lowest BCUT2D eigenvalue weighted by atomic mass is 9.86. The number of aromatic nitrogens is 2. The Balaban J connectivity index is 1.68. The Bertz CT molecular complexity index is 1400. The number of fused-ring (bicyclic) bond motifs is 5. The minimum atomic E-state index is 0.111. The molecule has 0 aliphatic carbocycles. The Morgan fingerprint density at radius 1 is 0.900 bits per heavy atom. The molecule has 0 saturated carbocycles. The lowest BCUT2D eigenvalue weighted by Gasteiger charge is -2.19. The van der Waals surface area contributed by atoms with Gasteiger partial charge in [0.25, 0.3) is 0 Å². The smallest absolute Gasteiger partial charge is 0.139 e. The van der Waals surface area contributed by atoms with Crippen LogP contribution in [0.5, 0.6) is 11.5 Å².